The van der Waals surface area contributed by atoms with Crippen molar-refractivity contribution in [3.63, 3.8) is 0 Å². The van der Waals surface area contributed by atoms with Crippen LogP contribution in [0, 0.1) is 0 Å². The van der Waals surface area contributed by atoms with Crippen LogP contribution in [0.3, 0.4) is 0 Å². The topological polar surface area (TPSA) is 55.3 Å². The zero-order valence-electron chi connectivity index (χ0n) is 8.69. The van der Waals surface area contributed by atoms with E-state index < -0.39 is 0 Å². The van der Waals surface area contributed by atoms with Crippen LogP contribution in [0.5, 0.6) is 0 Å². The minimum atomic E-state index is 0.334. The Balaban J connectivity index is 2.44. The number of rotatable bonds is 5. The average molecular weight is 193 g/mol. The second-order valence-electron chi connectivity index (χ2n) is 3.57. The highest BCUT2D eigenvalue weighted by Crippen LogP contribution is 2.05. The molecule has 0 spiro atoms. The Hall–Kier alpha value is -0.900. The van der Waals surface area contributed by atoms with Gasteiger partial charge < -0.3 is 5.73 Å². The highest BCUT2D eigenvalue weighted by Gasteiger charge is 2.08. The summed E-state index contributed by atoms with van der Waals surface area (Å²) in [5, 5.41) is 1.80. The molecule has 1 atom stereocenters. The molecule has 0 radical (unpaired) electrons. The summed E-state index contributed by atoms with van der Waals surface area (Å²) in [5.41, 5.74) is 6.75. The predicted octanol–water partition coefficient (Wildman–Crippen LogP) is 0.752. The minimum Gasteiger partial charge on any atom is -0.329 e. The standard InChI is InChI=1S/C11H19N3/c1-10(14(13)8-7-12)9-11-5-3-2-4-6-11/h2-6,10H,7-9,12-13H2,1H3. The van der Waals surface area contributed by atoms with Crippen molar-refractivity contribution in [2.24, 2.45) is 11.6 Å². The second-order valence-corrected chi connectivity index (χ2v) is 3.57. The SMILES string of the molecule is CC(Cc1ccccc1)N(N)CCN. The second kappa shape index (κ2) is 5.75. The van der Waals surface area contributed by atoms with E-state index >= 15 is 0 Å². The molecular formula is C11H19N3. The fourth-order valence-electron chi connectivity index (χ4n) is 1.44. The molecule has 3 heteroatoms. The minimum absolute atomic E-state index is 0.334. The molecular weight excluding hydrogens is 174 g/mol. The number of hydrogen-bond acceptors (Lipinski definition) is 3. The molecule has 14 heavy (non-hydrogen) atoms. The highest BCUT2D eigenvalue weighted by atomic mass is 15.4. The van der Waals surface area contributed by atoms with Gasteiger partial charge >= 0.3 is 0 Å². The van der Waals surface area contributed by atoms with Crippen molar-refractivity contribution >= 4 is 0 Å². The van der Waals surface area contributed by atoms with E-state index in [2.05, 4.69) is 19.1 Å². The molecule has 4 N–H and O–H groups in total. The fraction of sp³-hybridized carbons (Fsp3) is 0.455. The Kier molecular flexibility index (Phi) is 4.59. The third-order valence-corrected chi connectivity index (χ3v) is 2.33. The lowest BCUT2D eigenvalue weighted by molar-refractivity contribution is 0.219. The molecule has 0 amide bonds. The molecule has 3 nitrogen and oxygen atoms in total. The van der Waals surface area contributed by atoms with Gasteiger partial charge in [0.2, 0.25) is 0 Å². The molecule has 0 aliphatic rings. The monoisotopic (exact) mass is 193 g/mol. The van der Waals surface area contributed by atoms with Crippen molar-refractivity contribution in [3.05, 3.63) is 35.9 Å². The summed E-state index contributed by atoms with van der Waals surface area (Å²) < 4.78 is 0. The number of nitrogens with two attached hydrogens (primary N) is 2. The first-order valence-electron chi connectivity index (χ1n) is 4.99. The van der Waals surface area contributed by atoms with Gasteiger partial charge in [0.15, 0.2) is 0 Å². The van der Waals surface area contributed by atoms with E-state index in [1.165, 1.54) is 5.56 Å². The molecule has 0 bridgehead atoms. The molecule has 78 valence electrons. The van der Waals surface area contributed by atoms with Crippen molar-refractivity contribution in [3.8, 4) is 0 Å². The van der Waals surface area contributed by atoms with E-state index in [1.807, 2.05) is 18.2 Å². The summed E-state index contributed by atoms with van der Waals surface area (Å²) in [7, 11) is 0. The Morgan fingerprint density at radius 3 is 2.50 bits per heavy atom. The van der Waals surface area contributed by atoms with Gasteiger partial charge in [0.25, 0.3) is 0 Å². The summed E-state index contributed by atoms with van der Waals surface area (Å²) in [6, 6.07) is 10.7. The summed E-state index contributed by atoms with van der Waals surface area (Å²) >= 11 is 0. The van der Waals surface area contributed by atoms with Crippen molar-refractivity contribution in [1.82, 2.24) is 5.01 Å². The van der Waals surface area contributed by atoms with Gasteiger partial charge in [-0.2, -0.15) is 0 Å². The van der Waals surface area contributed by atoms with Crippen molar-refractivity contribution < 1.29 is 0 Å². The predicted molar refractivity (Wildman–Crippen MR) is 59.6 cm³/mol. The molecule has 1 rings (SSSR count). The third-order valence-electron chi connectivity index (χ3n) is 2.33. The van der Waals surface area contributed by atoms with Gasteiger partial charge in [0.1, 0.15) is 0 Å². The zero-order valence-corrected chi connectivity index (χ0v) is 8.69. The molecule has 1 aromatic rings. The summed E-state index contributed by atoms with van der Waals surface area (Å²) in [6.07, 6.45) is 0.970. The third kappa shape index (κ3) is 3.46. The van der Waals surface area contributed by atoms with E-state index in [0.29, 0.717) is 12.6 Å². The smallest absolute Gasteiger partial charge is 0.0254 e. The molecule has 0 heterocycles. The first kappa shape index (κ1) is 11.2. The van der Waals surface area contributed by atoms with Crippen LogP contribution in [0.4, 0.5) is 0 Å². The zero-order chi connectivity index (χ0) is 10.4. The molecule has 0 aliphatic carbocycles. The molecule has 0 aliphatic heterocycles. The van der Waals surface area contributed by atoms with Gasteiger partial charge in [0, 0.05) is 19.1 Å². The largest absolute Gasteiger partial charge is 0.329 e. The maximum atomic E-state index is 5.83. The first-order chi connectivity index (χ1) is 6.74. The Morgan fingerprint density at radius 2 is 1.93 bits per heavy atom. The van der Waals surface area contributed by atoms with Crippen molar-refractivity contribution in [2.75, 3.05) is 13.1 Å². The number of hydrazine groups is 1. The number of benzene rings is 1. The van der Waals surface area contributed by atoms with Gasteiger partial charge in [0.05, 0.1) is 0 Å². The average Bonchev–Trinajstić information content (AvgIpc) is 2.19. The molecule has 0 saturated heterocycles. The van der Waals surface area contributed by atoms with Crippen LogP contribution < -0.4 is 11.6 Å². The number of nitrogens with zero attached hydrogens (tertiary/aromatic N) is 1. The van der Waals surface area contributed by atoms with Gasteiger partial charge in [-0.15, -0.1) is 0 Å². The fourth-order valence-corrected chi connectivity index (χ4v) is 1.44. The molecule has 0 saturated carbocycles. The van der Waals surface area contributed by atoms with Crippen molar-refractivity contribution in [2.45, 2.75) is 19.4 Å². The summed E-state index contributed by atoms with van der Waals surface area (Å²) in [6.45, 7) is 3.46. The van der Waals surface area contributed by atoms with E-state index in [4.69, 9.17) is 11.6 Å². The van der Waals surface area contributed by atoms with Gasteiger partial charge in [-0.3, -0.25) is 5.84 Å². The Bertz CT molecular complexity index is 248. The van der Waals surface area contributed by atoms with Gasteiger partial charge in [-0.1, -0.05) is 30.3 Å². The Morgan fingerprint density at radius 1 is 1.29 bits per heavy atom. The Labute approximate surface area is 85.7 Å². The van der Waals surface area contributed by atoms with Crippen LogP contribution in [0.15, 0.2) is 30.3 Å². The lowest BCUT2D eigenvalue weighted by atomic mass is 10.1. The summed E-state index contributed by atoms with van der Waals surface area (Å²) in [5.74, 6) is 5.83. The van der Waals surface area contributed by atoms with Crippen LogP contribution >= 0.6 is 0 Å². The van der Waals surface area contributed by atoms with Crippen LogP contribution in [0.1, 0.15) is 12.5 Å². The van der Waals surface area contributed by atoms with Crippen LogP contribution in [-0.2, 0) is 6.42 Å². The molecule has 1 aromatic carbocycles. The maximum Gasteiger partial charge on any atom is 0.0254 e. The van der Waals surface area contributed by atoms with E-state index in [9.17, 15) is 0 Å². The summed E-state index contributed by atoms with van der Waals surface area (Å²) in [4.78, 5) is 0. The quantitative estimate of drug-likeness (QED) is 0.536. The normalized spacial score (nSPS) is 13.1. The lowest BCUT2D eigenvalue weighted by Crippen LogP contribution is -2.43. The molecule has 0 fully saturated rings. The van der Waals surface area contributed by atoms with E-state index in [1.54, 1.807) is 5.01 Å². The maximum absolute atomic E-state index is 5.83. The first-order valence-corrected chi connectivity index (χ1v) is 4.99. The van der Waals surface area contributed by atoms with Crippen LogP contribution in [-0.4, -0.2) is 24.1 Å². The highest BCUT2D eigenvalue weighted by molar-refractivity contribution is 5.15. The molecule has 0 aromatic heterocycles. The number of hydrogen-bond donors (Lipinski definition) is 2. The van der Waals surface area contributed by atoms with E-state index in [0.717, 1.165) is 13.0 Å². The van der Waals surface area contributed by atoms with Crippen molar-refractivity contribution in [1.29, 1.82) is 0 Å². The van der Waals surface area contributed by atoms with Crippen LogP contribution in [0.25, 0.3) is 0 Å². The van der Waals surface area contributed by atoms with E-state index in [-0.39, 0.29) is 0 Å². The van der Waals surface area contributed by atoms with Crippen LogP contribution in [0.2, 0.25) is 0 Å². The van der Waals surface area contributed by atoms with Gasteiger partial charge in [-0.25, -0.2) is 5.01 Å². The molecule has 1 unspecified atom stereocenters. The lowest BCUT2D eigenvalue weighted by Gasteiger charge is -2.23. The van der Waals surface area contributed by atoms with Gasteiger partial charge in [-0.05, 0) is 18.9 Å².